The van der Waals surface area contributed by atoms with Crippen LogP contribution in [0.5, 0.6) is 0 Å². The second-order valence-electron chi connectivity index (χ2n) is 9.16. The molecule has 0 aliphatic heterocycles. The van der Waals surface area contributed by atoms with E-state index in [1.54, 1.807) is 0 Å². The van der Waals surface area contributed by atoms with Gasteiger partial charge in [0.05, 0.1) is 36.0 Å². The Morgan fingerprint density at radius 2 is 0.717 bits per heavy atom. The van der Waals surface area contributed by atoms with Crippen LogP contribution in [0.25, 0.3) is 0 Å². The van der Waals surface area contributed by atoms with Crippen molar-refractivity contribution in [1.82, 2.24) is 31.9 Å². The van der Waals surface area contributed by atoms with Crippen molar-refractivity contribution in [3.8, 4) is 0 Å². The number of hydrogen-bond acceptors (Lipinski definition) is 12. The van der Waals surface area contributed by atoms with Gasteiger partial charge in [0.1, 0.15) is 0 Å². The molecular weight excluding hydrogens is 627 g/mol. The summed E-state index contributed by atoms with van der Waals surface area (Å²) >= 11 is 0. The molecule has 0 heterocycles. The summed E-state index contributed by atoms with van der Waals surface area (Å²) in [6, 6.07) is -2.97. The molecule has 0 aliphatic carbocycles. The zero-order chi connectivity index (χ0) is 35.5. The Morgan fingerprint density at radius 1 is 0.522 bits per heavy atom. The van der Waals surface area contributed by atoms with Crippen LogP contribution in [0.1, 0.15) is 59.3 Å². The maximum absolute atomic E-state index is 10.6. The molecule has 46 heavy (non-hydrogen) atoms. The van der Waals surface area contributed by atoms with E-state index in [1.807, 2.05) is 0 Å². The third kappa shape index (κ3) is 35.4. The van der Waals surface area contributed by atoms with Crippen molar-refractivity contribution in [2.45, 2.75) is 77.4 Å². The number of guanidine groups is 3. The van der Waals surface area contributed by atoms with Crippen LogP contribution in [0, 0.1) is 16.2 Å². The molecule has 0 aliphatic rings. The summed E-state index contributed by atoms with van der Waals surface area (Å²) in [6.07, 6.45) is 2.13. The van der Waals surface area contributed by atoms with Gasteiger partial charge in [-0.3, -0.25) is 30.6 Å². The third-order valence-corrected chi connectivity index (χ3v) is 4.94. The van der Waals surface area contributed by atoms with Crippen LogP contribution in [0.4, 0.5) is 0 Å². The van der Waals surface area contributed by atoms with E-state index in [0.717, 1.165) is 0 Å². The summed E-state index contributed by atoms with van der Waals surface area (Å²) in [5.74, 6) is -5.68. The van der Waals surface area contributed by atoms with Crippen LogP contribution in [-0.4, -0.2) is 109 Å². The fourth-order valence-electron chi connectivity index (χ4n) is 3.07. The first kappa shape index (κ1) is 48.1. The molecule has 0 radical (unpaired) electrons. The Hall–Kier alpha value is -4.84. The standard InChI is InChI=1S/3C8H16N4O3.Al/c3*1-5(13)12-6(7(14)15)3-2-4-11-8(9)10;/h3*6H,2-4H2,1H3,(H,12,13)(H,14,15)(H4,9,10,11);/q;;;+3/p-3/t3*6-;/m000./s1. The zero-order valence-electron chi connectivity index (χ0n) is 26.1. The van der Waals surface area contributed by atoms with Gasteiger partial charge in [-0.2, -0.15) is 0 Å². The monoisotopic (exact) mass is 672 g/mol. The molecule has 0 fully saturated rings. The van der Waals surface area contributed by atoms with Crippen LogP contribution in [-0.2, 0) is 28.8 Å². The van der Waals surface area contributed by atoms with Gasteiger partial charge < -0.3 is 78.8 Å². The van der Waals surface area contributed by atoms with E-state index in [9.17, 15) is 44.1 Å². The van der Waals surface area contributed by atoms with Crippen molar-refractivity contribution in [3.63, 3.8) is 0 Å². The maximum atomic E-state index is 10.6. The van der Waals surface area contributed by atoms with Gasteiger partial charge in [-0.25, -0.2) is 0 Å². The van der Waals surface area contributed by atoms with Gasteiger partial charge in [0.2, 0.25) is 17.7 Å². The van der Waals surface area contributed by atoms with E-state index in [2.05, 4.69) is 31.9 Å². The minimum absolute atomic E-state index is 0. The first-order chi connectivity index (χ1) is 20.8. The molecule has 0 unspecified atom stereocenters. The van der Waals surface area contributed by atoms with Crippen LogP contribution < -0.4 is 64.4 Å². The van der Waals surface area contributed by atoms with Crippen molar-refractivity contribution in [3.05, 3.63) is 0 Å². The molecule has 0 aromatic carbocycles. The smallest absolute Gasteiger partial charge is 0.548 e. The number of hydrogen-bond donors (Lipinski definition) is 12. The minimum atomic E-state index is -1.31. The van der Waals surface area contributed by atoms with E-state index in [1.165, 1.54) is 20.8 Å². The minimum Gasteiger partial charge on any atom is -0.548 e. The molecule has 258 valence electrons. The molecule has 0 aromatic rings. The second-order valence-corrected chi connectivity index (χ2v) is 9.16. The zero-order valence-corrected chi connectivity index (χ0v) is 27.2. The molecule has 21 nitrogen and oxygen atoms in total. The summed E-state index contributed by atoms with van der Waals surface area (Å²) in [5, 5.41) is 66.5. The van der Waals surface area contributed by atoms with Crippen molar-refractivity contribution in [1.29, 1.82) is 16.2 Å². The first-order valence-corrected chi connectivity index (χ1v) is 13.5. The molecular formula is C24H45AlN12O9. The van der Waals surface area contributed by atoms with E-state index >= 15 is 0 Å². The normalized spacial score (nSPS) is 11.3. The molecule has 3 amide bonds. The SMILES string of the molecule is CC(=O)N[C@@H](CCCNC(=N)N)C(=O)[O-].CC(=O)N[C@@H](CCCNC(=N)N)C(=O)[O-].CC(=O)N[C@@H](CCCNC(=N)N)C(=O)[O-].[Al+3]. The van der Waals surface area contributed by atoms with E-state index in [-0.39, 0.29) is 54.5 Å². The van der Waals surface area contributed by atoms with Crippen LogP contribution in [0.15, 0.2) is 0 Å². The Bertz CT molecular complexity index is 893. The molecule has 15 N–H and O–H groups in total. The summed E-state index contributed by atoms with van der Waals surface area (Å²) in [4.78, 5) is 63.5. The molecule has 0 rings (SSSR count). The average molecular weight is 673 g/mol. The van der Waals surface area contributed by atoms with Gasteiger partial charge in [0.15, 0.2) is 17.9 Å². The van der Waals surface area contributed by atoms with Gasteiger partial charge in [-0.1, -0.05) is 0 Å². The Labute approximate surface area is 277 Å². The number of nitrogens with two attached hydrogens (primary N) is 3. The molecule has 0 saturated heterocycles. The number of carbonyl (C=O) groups is 6. The van der Waals surface area contributed by atoms with Crippen molar-refractivity contribution in [2.24, 2.45) is 17.2 Å². The van der Waals surface area contributed by atoms with Crippen molar-refractivity contribution < 1.29 is 44.1 Å². The number of carbonyl (C=O) groups excluding carboxylic acids is 6. The second kappa shape index (κ2) is 28.9. The third-order valence-electron chi connectivity index (χ3n) is 4.94. The fourth-order valence-corrected chi connectivity index (χ4v) is 3.07. The predicted octanol–water partition coefficient (Wildman–Crippen LogP) is -7.87. The fraction of sp³-hybridized carbons (Fsp3) is 0.625. The maximum Gasteiger partial charge on any atom is 3.00 e. The number of amides is 3. The van der Waals surface area contributed by atoms with E-state index in [0.29, 0.717) is 38.9 Å². The largest absolute Gasteiger partial charge is 3.00 e. The quantitative estimate of drug-likeness (QED) is 0.0278. The molecule has 3 atom stereocenters. The molecule has 0 spiro atoms. The van der Waals surface area contributed by atoms with Crippen LogP contribution in [0.2, 0.25) is 0 Å². The van der Waals surface area contributed by atoms with Gasteiger partial charge in [0, 0.05) is 40.4 Å². The number of rotatable bonds is 18. The van der Waals surface area contributed by atoms with E-state index < -0.39 is 53.8 Å². The molecule has 22 heteroatoms. The number of aliphatic carboxylic acids is 3. The van der Waals surface area contributed by atoms with Crippen LogP contribution in [0.3, 0.4) is 0 Å². The number of carboxylic acid groups (broad SMARTS) is 3. The number of carboxylic acids is 3. The van der Waals surface area contributed by atoms with E-state index in [4.69, 9.17) is 33.4 Å². The molecule has 0 saturated carbocycles. The Morgan fingerprint density at radius 3 is 0.848 bits per heavy atom. The van der Waals surface area contributed by atoms with Gasteiger partial charge in [-0.05, 0) is 38.5 Å². The molecule has 0 aromatic heterocycles. The average Bonchev–Trinajstić information content (AvgIpc) is 2.88. The van der Waals surface area contributed by atoms with Crippen molar-refractivity contribution in [2.75, 3.05) is 19.6 Å². The Balaban J connectivity index is -0.000000285. The summed E-state index contributed by atoms with van der Waals surface area (Å²) in [6.45, 7) is 4.88. The number of nitrogens with one attached hydrogen (secondary N) is 9. The first-order valence-electron chi connectivity index (χ1n) is 13.5. The van der Waals surface area contributed by atoms with Gasteiger partial charge >= 0.3 is 17.4 Å². The summed E-state index contributed by atoms with van der Waals surface area (Å²) < 4.78 is 0. The van der Waals surface area contributed by atoms with Gasteiger partial charge in [-0.15, -0.1) is 0 Å². The summed E-state index contributed by atoms with van der Waals surface area (Å²) in [7, 11) is 0. The van der Waals surface area contributed by atoms with Crippen molar-refractivity contribution >= 4 is 70.9 Å². The Kier molecular flexibility index (Phi) is 30.2. The molecule has 0 bridgehead atoms. The van der Waals surface area contributed by atoms with Crippen LogP contribution >= 0.6 is 0 Å². The summed E-state index contributed by atoms with van der Waals surface area (Å²) in [5.41, 5.74) is 15.1. The van der Waals surface area contributed by atoms with Gasteiger partial charge in [0.25, 0.3) is 0 Å². The predicted molar refractivity (Wildman–Crippen MR) is 161 cm³/mol. The topological polar surface area (TPSA) is 393 Å².